The smallest absolute Gasteiger partial charge is 0.0991 e. The third kappa shape index (κ3) is 4.40. The number of nitrogens with zero attached hydrogens (tertiary/aromatic N) is 2. The highest BCUT2D eigenvalue weighted by Crippen LogP contribution is 2.36. The lowest BCUT2D eigenvalue weighted by molar-refractivity contribution is 0.695. The van der Waals surface area contributed by atoms with Crippen molar-refractivity contribution in [3.05, 3.63) is 83.4 Å². The van der Waals surface area contributed by atoms with Gasteiger partial charge in [-0.05, 0) is 46.5 Å². The lowest BCUT2D eigenvalue weighted by Gasteiger charge is -2.19. The van der Waals surface area contributed by atoms with Gasteiger partial charge in [0.05, 0.1) is 29.7 Å². The lowest BCUT2D eigenvalue weighted by Crippen LogP contribution is -2.22. The Morgan fingerprint density at radius 3 is 2.62 bits per heavy atom. The van der Waals surface area contributed by atoms with E-state index in [9.17, 15) is 0 Å². The van der Waals surface area contributed by atoms with E-state index in [0.29, 0.717) is 12.1 Å². The number of nitrogens with two attached hydrogens (primary N) is 1. The molecule has 4 rings (SSSR count). The molecule has 4 N–H and O–H groups in total. The maximum absolute atomic E-state index is 9.14. The molecule has 1 aliphatic rings. The number of fused-ring (bicyclic) bond motifs is 1. The van der Waals surface area contributed by atoms with Crippen molar-refractivity contribution in [1.82, 2.24) is 5.32 Å². The number of hydrogen-bond acceptors (Lipinski definition) is 5. The van der Waals surface area contributed by atoms with E-state index in [0.717, 1.165) is 37.6 Å². The molecule has 29 heavy (non-hydrogen) atoms. The van der Waals surface area contributed by atoms with E-state index in [4.69, 9.17) is 11.0 Å². The summed E-state index contributed by atoms with van der Waals surface area (Å²) in [7, 11) is 0. The van der Waals surface area contributed by atoms with Gasteiger partial charge in [0.1, 0.15) is 0 Å². The molecule has 3 aromatic carbocycles. The van der Waals surface area contributed by atoms with Crippen molar-refractivity contribution in [2.45, 2.75) is 13.1 Å². The Morgan fingerprint density at radius 1 is 1.00 bits per heavy atom. The van der Waals surface area contributed by atoms with Crippen molar-refractivity contribution in [1.29, 1.82) is 5.26 Å². The molecule has 0 radical (unpaired) electrons. The van der Waals surface area contributed by atoms with Crippen LogP contribution in [0.2, 0.25) is 0 Å². The Morgan fingerprint density at radius 2 is 1.83 bits per heavy atom. The van der Waals surface area contributed by atoms with Crippen molar-refractivity contribution in [2.24, 2.45) is 5.73 Å². The van der Waals surface area contributed by atoms with Crippen LogP contribution < -0.4 is 21.3 Å². The molecule has 5 heteroatoms. The van der Waals surface area contributed by atoms with Gasteiger partial charge in [0.2, 0.25) is 0 Å². The second-order valence-corrected chi connectivity index (χ2v) is 7.24. The van der Waals surface area contributed by atoms with Crippen LogP contribution >= 0.6 is 0 Å². The first-order chi connectivity index (χ1) is 14.3. The van der Waals surface area contributed by atoms with Crippen molar-refractivity contribution < 1.29 is 0 Å². The van der Waals surface area contributed by atoms with Crippen molar-refractivity contribution in [3.63, 3.8) is 0 Å². The van der Waals surface area contributed by atoms with Gasteiger partial charge in [-0.3, -0.25) is 0 Å². The number of nitriles is 1. The predicted molar refractivity (Wildman–Crippen MR) is 118 cm³/mol. The molecule has 0 bridgehead atoms. The molecule has 3 aromatic rings. The SMILES string of the molecule is N#Cc1cccc(CN2CNc3ccc(-c4ccc(CNCCN)cc4)cc32)c1. The van der Waals surface area contributed by atoms with Gasteiger partial charge in [-0.15, -0.1) is 0 Å². The first kappa shape index (κ1) is 19.0. The highest BCUT2D eigenvalue weighted by atomic mass is 15.3. The number of anilines is 2. The Bertz CT molecular complexity index is 1020. The van der Waals surface area contributed by atoms with Crippen LogP contribution in [0.15, 0.2) is 66.7 Å². The van der Waals surface area contributed by atoms with E-state index in [-0.39, 0.29) is 0 Å². The summed E-state index contributed by atoms with van der Waals surface area (Å²) in [6, 6.07) is 25.2. The largest absolute Gasteiger partial charge is 0.366 e. The first-order valence-corrected chi connectivity index (χ1v) is 9.89. The second-order valence-electron chi connectivity index (χ2n) is 7.24. The molecule has 1 aliphatic heterocycles. The highest BCUT2D eigenvalue weighted by molar-refractivity contribution is 5.81. The van der Waals surface area contributed by atoms with Crippen molar-refractivity contribution >= 4 is 11.4 Å². The van der Waals surface area contributed by atoms with Crippen molar-refractivity contribution in [2.75, 3.05) is 30.0 Å². The molecular weight excluding hydrogens is 358 g/mol. The van der Waals surface area contributed by atoms with E-state index in [1.807, 2.05) is 18.2 Å². The molecule has 0 unspecified atom stereocenters. The van der Waals surface area contributed by atoms with Gasteiger partial charge >= 0.3 is 0 Å². The molecule has 0 fully saturated rings. The van der Waals surface area contributed by atoms with Crippen LogP contribution in [0.5, 0.6) is 0 Å². The van der Waals surface area contributed by atoms with Crippen LogP contribution in [0.25, 0.3) is 11.1 Å². The van der Waals surface area contributed by atoms with Gasteiger partial charge < -0.3 is 21.3 Å². The lowest BCUT2D eigenvalue weighted by atomic mass is 10.0. The average Bonchev–Trinajstić information content (AvgIpc) is 3.16. The van der Waals surface area contributed by atoms with Gasteiger partial charge in [0.15, 0.2) is 0 Å². The van der Waals surface area contributed by atoms with Crippen LogP contribution in [-0.2, 0) is 13.1 Å². The Balaban J connectivity index is 1.52. The summed E-state index contributed by atoms with van der Waals surface area (Å²) in [5.41, 5.74) is 13.4. The minimum atomic E-state index is 0.651. The van der Waals surface area contributed by atoms with Crippen LogP contribution in [0.3, 0.4) is 0 Å². The summed E-state index contributed by atoms with van der Waals surface area (Å²) in [5, 5.41) is 15.9. The average molecular weight is 383 g/mol. The molecule has 0 aliphatic carbocycles. The number of benzene rings is 3. The molecule has 0 amide bonds. The van der Waals surface area contributed by atoms with E-state index in [1.165, 1.54) is 22.4 Å². The topological polar surface area (TPSA) is 77.1 Å². The van der Waals surface area contributed by atoms with E-state index >= 15 is 0 Å². The molecule has 0 spiro atoms. The standard InChI is InChI=1S/C24H25N5/c25-10-11-27-15-18-4-6-21(7-5-18)22-8-9-23-24(13-22)29(17-28-23)16-20-3-1-2-19(12-20)14-26/h1-9,12-13,27-28H,10-11,15-17,25H2. The minimum Gasteiger partial charge on any atom is -0.366 e. The van der Waals surface area contributed by atoms with E-state index in [1.54, 1.807) is 0 Å². The quantitative estimate of drug-likeness (QED) is 0.543. The fourth-order valence-electron chi connectivity index (χ4n) is 3.64. The fourth-order valence-corrected chi connectivity index (χ4v) is 3.64. The zero-order valence-electron chi connectivity index (χ0n) is 16.4. The molecule has 5 nitrogen and oxygen atoms in total. The Kier molecular flexibility index (Phi) is 5.76. The Hall–Kier alpha value is -3.33. The van der Waals surface area contributed by atoms with E-state index in [2.05, 4.69) is 70.1 Å². The summed E-state index contributed by atoms with van der Waals surface area (Å²) < 4.78 is 0. The zero-order valence-corrected chi connectivity index (χ0v) is 16.4. The second kappa shape index (κ2) is 8.78. The normalized spacial score (nSPS) is 12.3. The predicted octanol–water partition coefficient (Wildman–Crippen LogP) is 3.66. The summed E-state index contributed by atoms with van der Waals surface area (Å²) in [6.07, 6.45) is 0. The van der Waals surface area contributed by atoms with Crippen LogP contribution in [0.1, 0.15) is 16.7 Å². The summed E-state index contributed by atoms with van der Waals surface area (Å²) in [6.45, 7) is 3.85. The molecule has 0 saturated heterocycles. The molecule has 1 heterocycles. The number of hydrogen-bond donors (Lipinski definition) is 3. The number of rotatable bonds is 7. The van der Waals surface area contributed by atoms with Gasteiger partial charge in [-0.25, -0.2) is 0 Å². The summed E-state index contributed by atoms with van der Waals surface area (Å²) >= 11 is 0. The first-order valence-electron chi connectivity index (χ1n) is 9.89. The molecular formula is C24H25N5. The van der Waals surface area contributed by atoms with Crippen LogP contribution in [0.4, 0.5) is 11.4 Å². The maximum Gasteiger partial charge on any atom is 0.0991 e. The summed E-state index contributed by atoms with van der Waals surface area (Å²) in [5.74, 6) is 0. The zero-order chi connectivity index (χ0) is 20.1. The molecule has 0 atom stereocenters. The van der Waals surface area contributed by atoms with Gasteiger partial charge in [0, 0.05) is 26.2 Å². The minimum absolute atomic E-state index is 0.651. The third-order valence-electron chi connectivity index (χ3n) is 5.17. The van der Waals surface area contributed by atoms with Crippen LogP contribution in [0, 0.1) is 11.3 Å². The summed E-state index contributed by atoms with van der Waals surface area (Å²) in [4.78, 5) is 2.31. The fraction of sp³-hybridized carbons (Fsp3) is 0.208. The molecule has 0 saturated carbocycles. The van der Waals surface area contributed by atoms with E-state index < -0.39 is 0 Å². The third-order valence-corrected chi connectivity index (χ3v) is 5.17. The molecule has 146 valence electrons. The van der Waals surface area contributed by atoms with Gasteiger partial charge in [-0.2, -0.15) is 5.26 Å². The van der Waals surface area contributed by atoms with Crippen molar-refractivity contribution in [3.8, 4) is 17.2 Å². The Labute approximate surface area is 171 Å². The number of nitrogens with one attached hydrogen (secondary N) is 2. The monoisotopic (exact) mass is 383 g/mol. The van der Waals surface area contributed by atoms with Gasteiger partial charge in [0.25, 0.3) is 0 Å². The van der Waals surface area contributed by atoms with Gasteiger partial charge in [-0.1, -0.05) is 42.5 Å². The maximum atomic E-state index is 9.14. The van der Waals surface area contributed by atoms with Crippen LogP contribution in [-0.4, -0.2) is 19.8 Å². The highest BCUT2D eigenvalue weighted by Gasteiger charge is 2.19. The molecule has 0 aromatic heterocycles.